The van der Waals surface area contributed by atoms with Crippen molar-refractivity contribution in [3.63, 3.8) is 0 Å². The van der Waals surface area contributed by atoms with Crippen LogP contribution in [0.5, 0.6) is 5.75 Å². The van der Waals surface area contributed by atoms with Gasteiger partial charge >= 0.3 is 6.18 Å². The Morgan fingerprint density at radius 2 is 1.86 bits per heavy atom. The maximum atomic E-state index is 13.4. The number of pyridine rings is 1. The van der Waals surface area contributed by atoms with Crippen molar-refractivity contribution in [2.24, 2.45) is 0 Å². The van der Waals surface area contributed by atoms with Crippen molar-refractivity contribution in [1.29, 1.82) is 0 Å². The first-order chi connectivity index (χ1) is 17.3. The van der Waals surface area contributed by atoms with Crippen molar-refractivity contribution >= 4 is 26.9 Å². The number of sulfonamides is 1. The molecular weight excluding hydrogens is 518 g/mol. The van der Waals surface area contributed by atoms with Crippen molar-refractivity contribution in [3.05, 3.63) is 77.7 Å². The molecule has 13 heteroatoms. The van der Waals surface area contributed by atoms with Crippen LogP contribution in [0.25, 0.3) is 22.2 Å². The van der Waals surface area contributed by atoms with Gasteiger partial charge in [0.05, 0.1) is 17.3 Å². The van der Waals surface area contributed by atoms with Gasteiger partial charge in [-0.1, -0.05) is 0 Å². The van der Waals surface area contributed by atoms with Gasteiger partial charge in [-0.15, -0.1) is 0 Å². The van der Waals surface area contributed by atoms with Gasteiger partial charge in [-0.2, -0.15) is 17.9 Å². The number of phenols is 1. The van der Waals surface area contributed by atoms with Gasteiger partial charge in [0.2, 0.25) is 11.0 Å². The molecule has 0 bridgehead atoms. The minimum atomic E-state index is -4.61. The zero-order valence-electron chi connectivity index (χ0n) is 19.0. The first-order valence-electron chi connectivity index (χ1n) is 10.7. The van der Waals surface area contributed by atoms with Crippen LogP contribution in [0, 0.1) is 5.82 Å². The standard InChI is InChI=1S/C24H19F4N3O5S/c1-13(31-37(34,35)22-10-15-9-17(25)3-5-21(15)36-22)23(33)30-12-14-6-7-29-19(8-14)18-4-2-16(11-20(18)32)24(26,27)28/h2-11,13,31-32H,12H2,1H3,(H,30,33). The number of furan rings is 1. The third kappa shape index (κ3) is 5.89. The van der Waals surface area contributed by atoms with E-state index in [0.717, 1.165) is 30.3 Å². The molecule has 37 heavy (non-hydrogen) atoms. The number of alkyl halides is 3. The number of hydrogen-bond donors (Lipinski definition) is 3. The number of rotatable bonds is 7. The van der Waals surface area contributed by atoms with E-state index in [1.54, 1.807) is 0 Å². The fourth-order valence-electron chi connectivity index (χ4n) is 3.47. The maximum Gasteiger partial charge on any atom is 0.416 e. The summed E-state index contributed by atoms with van der Waals surface area (Å²) in [6.45, 7) is 1.25. The molecule has 0 aliphatic heterocycles. The topological polar surface area (TPSA) is 122 Å². The Balaban J connectivity index is 1.42. The van der Waals surface area contributed by atoms with Crippen molar-refractivity contribution in [3.8, 4) is 17.0 Å². The summed E-state index contributed by atoms with van der Waals surface area (Å²) >= 11 is 0. The first kappa shape index (κ1) is 26.1. The van der Waals surface area contributed by atoms with E-state index >= 15 is 0 Å². The highest BCUT2D eigenvalue weighted by Crippen LogP contribution is 2.36. The molecule has 0 radical (unpaired) electrons. The zero-order valence-corrected chi connectivity index (χ0v) is 19.8. The molecule has 1 unspecified atom stereocenters. The molecule has 194 valence electrons. The van der Waals surface area contributed by atoms with Crippen LogP contribution >= 0.6 is 0 Å². The van der Waals surface area contributed by atoms with E-state index in [-0.39, 0.29) is 28.8 Å². The maximum absolute atomic E-state index is 13.4. The van der Waals surface area contributed by atoms with Crippen LogP contribution in [0.15, 0.2) is 70.3 Å². The lowest BCUT2D eigenvalue weighted by Gasteiger charge is -2.14. The lowest BCUT2D eigenvalue weighted by atomic mass is 10.1. The van der Waals surface area contributed by atoms with Gasteiger partial charge in [0.25, 0.3) is 10.0 Å². The van der Waals surface area contributed by atoms with Crippen molar-refractivity contribution < 1.29 is 40.3 Å². The Morgan fingerprint density at radius 1 is 1.11 bits per heavy atom. The summed E-state index contributed by atoms with van der Waals surface area (Å²) in [7, 11) is -4.24. The summed E-state index contributed by atoms with van der Waals surface area (Å²) in [6, 6.07) is 8.94. The molecule has 0 aliphatic rings. The molecule has 0 aliphatic carbocycles. The van der Waals surface area contributed by atoms with Gasteiger partial charge in [-0.05, 0) is 61.0 Å². The van der Waals surface area contributed by atoms with E-state index in [2.05, 4.69) is 15.0 Å². The van der Waals surface area contributed by atoms with E-state index in [4.69, 9.17) is 4.42 Å². The van der Waals surface area contributed by atoms with Crippen LogP contribution in [0.2, 0.25) is 0 Å². The van der Waals surface area contributed by atoms with Gasteiger partial charge in [0.1, 0.15) is 17.1 Å². The second-order valence-corrected chi connectivity index (χ2v) is 9.73. The molecular formula is C24H19F4N3O5S. The molecule has 0 fully saturated rings. The van der Waals surface area contributed by atoms with Crippen LogP contribution in [-0.4, -0.2) is 30.5 Å². The van der Waals surface area contributed by atoms with E-state index in [0.29, 0.717) is 11.6 Å². The highest BCUT2D eigenvalue weighted by molar-refractivity contribution is 7.89. The number of hydrogen-bond acceptors (Lipinski definition) is 6. The van der Waals surface area contributed by atoms with Crippen molar-refractivity contribution in [1.82, 2.24) is 15.0 Å². The summed E-state index contributed by atoms with van der Waals surface area (Å²) in [6.07, 6.45) is -3.26. The number of nitrogens with one attached hydrogen (secondary N) is 2. The highest BCUT2D eigenvalue weighted by atomic mass is 32.2. The normalized spacial score (nSPS) is 13.0. The summed E-state index contributed by atoms with van der Waals surface area (Å²) in [5.41, 5.74) is -0.122. The molecule has 0 spiro atoms. The summed E-state index contributed by atoms with van der Waals surface area (Å²) in [5.74, 6) is -1.85. The predicted molar refractivity (Wildman–Crippen MR) is 124 cm³/mol. The molecule has 4 rings (SSSR count). The SMILES string of the molecule is CC(NS(=O)(=O)c1cc2cc(F)ccc2o1)C(=O)NCc1ccnc(-c2ccc(C(F)(F)F)cc2O)c1. The molecule has 4 aromatic rings. The first-order valence-corrected chi connectivity index (χ1v) is 12.2. The number of carbonyl (C=O) groups excluding carboxylic acids is 1. The Morgan fingerprint density at radius 3 is 2.57 bits per heavy atom. The fourth-order valence-corrected chi connectivity index (χ4v) is 4.64. The molecule has 0 saturated heterocycles. The molecule has 2 heterocycles. The Kier molecular flexibility index (Phi) is 6.93. The molecule has 1 amide bonds. The Hall–Kier alpha value is -3.97. The van der Waals surface area contributed by atoms with Gasteiger partial charge in [0.15, 0.2) is 0 Å². The Bertz CT molecular complexity index is 1590. The summed E-state index contributed by atoms with van der Waals surface area (Å²) in [5, 5.41) is 12.4. The monoisotopic (exact) mass is 537 g/mol. The second-order valence-electron chi connectivity index (χ2n) is 8.09. The average Bonchev–Trinajstić information content (AvgIpc) is 3.26. The smallest absolute Gasteiger partial charge is 0.416 e. The van der Waals surface area contributed by atoms with Crippen LogP contribution in [0.1, 0.15) is 18.1 Å². The number of nitrogens with zero attached hydrogens (tertiary/aromatic N) is 1. The summed E-state index contributed by atoms with van der Waals surface area (Å²) in [4.78, 5) is 16.6. The molecule has 8 nitrogen and oxygen atoms in total. The largest absolute Gasteiger partial charge is 0.507 e. The number of amides is 1. The van der Waals surface area contributed by atoms with E-state index in [9.17, 15) is 35.9 Å². The minimum Gasteiger partial charge on any atom is -0.507 e. The van der Waals surface area contributed by atoms with Crippen LogP contribution in [-0.2, 0) is 27.5 Å². The number of fused-ring (bicyclic) bond motifs is 1. The van der Waals surface area contributed by atoms with E-state index in [1.807, 2.05) is 0 Å². The van der Waals surface area contributed by atoms with Gasteiger partial charge < -0.3 is 14.8 Å². The number of phenolic OH excluding ortho intramolecular Hbond substituents is 1. The third-order valence-electron chi connectivity index (χ3n) is 5.34. The number of aromatic nitrogens is 1. The average molecular weight is 537 g/mol. The second kappa shape index (κ2) is 9.82. The van der Waals surface area contributed by atoms with Gasteiger partial charge in [0, 0.05) is 29.8 Å². The van der Waals surface area contributed by atoms with E-state index in [1.165, 1.54) is 31.3 Å². The molecule has 2 aromatic heterocycles. The quantitative estimate of drug-likeness (QED) is 0.302. The third-order valence-corrected chi connectivity index (χ3v) is 6.73. The highest BCUT2D eigenvalue weighted by Gasteiger charge is 2.31. The summed E-state index contributed by atoms with van der Waals surface area (Å²) < 4.78 is 84.6. The van der Waals surface area contributed by atoms with Gasteiger partial charge in [-0.25, -0.2) is 12.8 Å². The predicted octanol–water partition coefficient (Wildman–Crippen LogP) is 4.34. The number of carbonyl (C=O) groups is 1. The van der Waals surface area contributed by atoms with Crippen LogP contribution in [0.4, 0.5) is 17.6 Å². The van der Waals surface area contributed by atoms with Crippen molar-refractivity contribution in [2.45, 2.75) is 30.8 Å². The zero-order chi connectivity index (χ0) is 27.0. The molecule has 1 atom stereocenters. The Labute approximate surface area is 208 Å². The lowest BCUT2D eigenvalue weighted by Crippen LogP contribution is -2.44. The van der Waals surface area contributed by atoms with E-state index < -0.39 is 50.4 Å². The minimum absolute atomic E-state index is 0.0630. The van der Waals surface area contributed by atoms with Crippen LogP contribution < -0.4 is 10.0 Å². The van der Waals surface area contributed by atoms with Crippen LogP contribution in [0.3, 0.4) is 0 Å². The molecule has 2 aromatic carbocycles. The number of halogens is 4. The number of benzene rings is 2. The lowest BCUT2D eigenvalue weighted by molar-refractivity contribution is -0.137. The molecule has 3 N–H and O–H groups in total. The fraction of sp³-hybridized carbons (Fsp3) is 0.167. The van der Waals surface area contributed by atoms with Gasteiger partial charge in [-0.3, -0.25) is 9.78 Å². The molecule has 0 saturated carbocycles. The van der Waals surface area contributed by atoms with Crippen molar-refractivity contribution in [2.75, 3.05) is 0 Å². The number of aromatic hydroxyl groups is 1.